The Bertz CT molecular complexity index is 667. The molecular formula is C11H7ClN4O. The molecule has 0 unspecified atom stereocenters. The van der Waals surface area contributed by atoms with E-state index in [0.717, 1.165) is 16.6 Å². The van der Waals surface area contributed by atoms with Crippen molar-refractivity contribution in [3.8, 4) is 11.5 Å². The molecule has 0 saturated heterocycles. The van der Waals surface area contributed by atoms with Crippen LogP contribution in [0.5, 0.6) is 0 Å². The Morgan fingerprint density at radius 2 is 1.94 bits per heavy atom. The van der Waals surface area contributed by atoms with E-state index in [1.165, 1.54) is 0 Å². The van der Waals surface area contributed by atoms with Gasteiger partial charge in [-0.1, -0.05) is 5.16 Å². The maximum atomic E-state index is 5.62. The van der Waals surface area contributed by atoms with Crippen molar-refractivity contribution >= 4 is 22.6 Å². The van der Waals surface area contributed by atoms with Crippen LogP contribution in [-0.2, 0) is 5.88 Å². The summed E-state index contributed by atoms with van der Waals surface area (Å²) in [6.45, 7) is 0. The van der Waals surface area contributed by atoms with Crippen LogP contribution in [0.25, 0.3) is 22.5 Å². The second-order valence-electron chi connectivity index (χ2n) is 3.41. The SMILES string of the molecule is ClCc1noc(-c2ccc3nccnc3c2)n1. The second-order valence-corrected chi connectivity index (χ2v) is 3.68. The van der Waals surface area contributed by atoms with Crippen LogP contribution in [0, 0.1) is 0 Å². The molecular weight excluding hydrogens is 240 g/mol. The number of hydrogen-bond donors (Lipinski definition) is 0. The third-order valence-electron chi connectivity index (χ3n) is 2.30. The average Bonchev–Trinajstić information content (AvgIpc) is 2.87. The molecule has 17 heavy (non-hydrogen) atoms. The number of alkyl halides is 1. The van der Waals surface area contributed by atoms with Crippen molar-refractivity contribution in [3.05, 3.63) is 36.4 Å². The fourth-order valence-electron chi connectivity index (χ4n) is 1.52. The minimum atomic E-state index is 0.233. The van der Waals surface area contributed by atoms with E-state index >= 15 is 0 Å². The van der Waals surface area contributed by atoms with Gasteiger partial charge in [0.1, 0.15) is 0 Å². The molecule has 0 aliphatic heterocycles. The molecule has 84 valence electrons. The summed E-state index contributed by atoms with van der Waals surface area (Å²) in [5.41, 5.74) is 2.42. The molecule has 3 rings (SSSR count). The van der Waals surface area contributed by atoms with Crippen molar-refractivity contribution in [2.45, 2.75) is 5.88 Å². The maximum Gasteiger partial charge on any atom is 0.258 e. The molecule has 0 aliphatic rings. The number of halogens is 1. The van der Waals surface area contributed by atoms with E-state index in [9.17, 15) is 0 Å². The van der Waals surface area contributed by atoms with Gasteiger partial charge in [0.05, 0.1) is 16.9 Å². The Morgan fingerprint density at radius 3 is 2.71 bits per heavy atom. The van der Waals surface area contributed by atoms with Crippen molar-refractivity contribution < 1.29 is 4.52 Å². The molecule has 2 heterocycles. The third kappa shape index (κ3) is 1.85. The summed E-state index contributed by atoms with van der Waals surface area (Å²) >= 11 is 5.62. The highest BCUT2D eigenvalue weighted by Crippen LogP contribution is 2.21. The van der Waals surface area contributed by atoms with E-state index in [2.05, 4.69) is 20.1 Å². The average molecular weight is 247 g/mol. The topological polar surface area (TPSA) is 64.7 Å². The van der Waals surface area contributed by atoms with Gasteiger partial charge in [0.2, 0.25) is 0 Å². The third-order valence-corrected chi connectivity index (χ3v) is 2.54. The van der Waals surface area contributed by atoms with Gasteiger partial charge in [-0.2, -0.15) is 4.98 Å². The van der Waals surface area contributed by atoms with Crippen molar-refractivity contribution in [1.82, 2.24) is 20.1 Å². The number of benzene rings is 1. The summed E-state index contributed by atoms with van der Waals surface area (Å²) < 4.78 is 5.10. The largest absolute Gasteiger partial charge is 0.334 e. The van der Waals surface area contributed by atoms with Gasteiger partial charge in [-0.25, -0.2) is 0 Å². The predicted octanol–water partition coefficient (Wildman–Crippen LogP) is 2.42. The lowest BCUT2D eigenvalue weighted by Crippen LogP contribution is -1.84. The first-order valence-electron chi connectivity index (χ1n) is 4.96. The zero-order valence-corrected chi connectivity index (χ0v) is 9.42. The smallest absolute Gasteiger partial charge is 0.258 e. The van der Waals surface area contributed by atoms with Crippen molar-refractivity contribution in [3.63, 3.8) is 0 Å². The monoisotopic (exact) mass is 246 g/mol. The van der Waals surface area contributed by atoms with Gasteiger partial charge in [0.25, 0.3) is 5.89 Å². The lowest BCUT2D eigenvalue weighted by Gasteiger charge is -1.97. The Balaban J connectivity index is 2.11. The van der Waals surface area contributed by atoms with E-state index < -0.39 is 0 Å². The van der Waals surface area contributed by atoms with Crippen LogP contribution in [0.2, 0.25) is 0 Å². The predicted molar refractivity (Wildman–Crippen MR) is 62.4 cm³/mol. The first-order valence-corrected chi connectivity index (χ1v) is 5.50. The molecule has 2 aromatic heterocycles. The van der Waals surface area contributed by atoms with Crippen LogP contribution >= 0.6 is 11.6 Å². The van der Waals surface area contributed by atoms with Crippen LogP contribution in [0.3, 0.4) is 0 Å². The van der Waals surface area contributed by atoms with Crippen LogP contribution in [0.15, 0.2) is 35.1 Å². The van der Waals surface area contributed by atoms with Crippen molar-refractivity contribution in [1.29, 1.82) is 0 Å². The number of aromatic nitrogens is 4. The van der Waals surface area contributed by atoms with E-state index in [4.69, 9.17) is 16.1 Å². The zero-order valence-electron chi connectivity index (χ0n) is 8.67. The van der Waals surface area contributed by atoms with Crippen LogP contribution < -0.4 is 0 Å². The van der Waals surface area contributed by atoms with Crippen LogP contribution in [0.4, 0.5) is 0 Å². The Morgan fingerprint density at radius 1 is 1.12 bits per heavy atom. The molecule has 5 nitrogen and oxygen atoms in total. The fraction of sp³-hybridized carbons (Fsp3) is 0.0909. The maximum absolute atomic E-state index is 5.62. The molecule has 0 N–H and O–H groups in total. The molecule has 0 amide bonds. The number of rotatable bonds is 2. The minimum Gasteiger partial charge on any atom is -0.334 e. The molecule has 0 spiro atoms. The van der Waals surface area contributed by atoms with Gasteiger partial charge in [-0.15, -0.1) is 11.6 Å². The molecule has 0 aliphatic carbocycles. The lowest BCUT2D eigenvalue weighted by molar-refractivity contribution is 0.425. The number of fused-ring (bicyclic) bond motifs is 1. The lowest BCUT2D eigenvalue weighted by atomic mass is 10.2. The first-order chi connectivity index (χ1) is 8.36. The quantitative estimate of drug-likeness (QED) is 0.650. The van der Waals surface area contributed by atoms with Crippen molar-refractivity contribution in [2.24, 2.45) is 0 Å². The van der Waals surface area contributed by atoms with E-state index in [0.29, 0.717) is 11.7 Å². The summed E-state index contributed by atoms with van der Waals surface area (Å²) in [5, 5.41) is 3.74. The van der Waals surface area contributed by atoms with Gasteiger partial charge in [0, 0.05) is 18.0 Å². The van der Waals surface area contributed by atoms with Gasteiger partial charge in [-0.05, 0) is 18.2 Å². The fourth-order valence-corrected chi connectivity index (χ4v) is 1.63. The second kappa shape index (κ2) is 4.10. The Hall–Kier alpha value is -2.01. The summed E-state index contributed by atoms with van der Waals surface area (Å²) in [6.07, 6.45) is 3.30. The Labute approximate surface area is 101 Å². The first kappa shape index (κ1) is 10.2. The molecule has 1 aromatic carbocycles. The molecule has 6 heteroatoms. The highest BCUT2D eigenvalue weighted by atomic mass is 35.5. The molecule has 0 bridgehead atoms. The van der Waals surface area contributed by atoms with Crippen molar-refractivity contribution in [2.75, 3.05) is 0 Å². The molecule has 0 fully saturated rings. The van der Waals surface area contributed by atoms with Gasteiger partial charge >= 0.3 is 0 Å². The molecule has 0 radical (unpaired) electrons. The van der Waals surface area contributed by atoms with E-state index in [-0.39, 0.29) is 5.88 Å². The molecule has 3 aromatic rings. The van der Waals surface area contributed by atoms with Gasteiger partial charge in [0.15, 0.2) is 5.82 Å². The number of hydrogen-bond acceptors (Lipinski definition) is 5. The number of nitrogens with zero attached hydrogens (tertiary/aromatic N) is 4. The molecule has 0 atom stereocenters. The summed E-state index contributed by atoms with van der Waals surface area (Å²) in [7, 11) is 0. The summed E-state index contributed by atoms with van der Waals surface area (Å²) in [4.78, 5) is 12.6. The molecule has 0 saturated carbocycles. The zero-order chi connectivity index (χ0) is 11.7. The van der Waals surface area contributed by atoms with Gasteiger partial charge in [-0.3, -0.25) is 9.97 Å². The minimum absolute atomic E-state index is 0.233. The standard InChI is InChI=1S/C11H7ClN4O/c12-6-10-15-11(17-16-10)7-1-2-8-9(5-7)14-4-3-13-8/h1-5H,6H2. The Kier molecular flexibility index (Phi) is 2.45. The van der Waals surface area contributed by atoms with E-state index in [1.807, 2.05) is 18.2 Å². The summed E-state index contributed by atoms with van der Waals surface area (Å²) in [5.74, 6) is 1.14. The highest BCUT2D eigenvalue weighted by Gasteiger charge is 2.08. The summed E-state index contributed by atoms with van der Waals surface area (Å²) in [6, 6.07) is 5.58. The van der Waals surface area contributed by atoms with Crippen LogP contribution in [-0.4, -0.2) is 20.1 Å². The normalized spacial score (nSPS) is 10.9. The highest BCUT2D eigenvalue weighted by molar-refractivity contribution is 6.16. The van der Waals surface area contributed by atoms with E-state index in [1.54, 1.807) is 12.4 Å². The van der Waals surface area contributed by atoms with Crippen LogP contribution in [0.1, 0.15) is 5.82 Å². The van der Waals surface area contributed by atoms with Gasteiger partial charge < -0.3 is 4.52 Å².